The maximum Gasteiger partial charge on any atom is 0.408 e. The zero-order valence-electron chi connectivity index (χ0n) is 19.3. The van der Waals surface area contributed by atoms with E-state index in [-0.39, 0.29) is 23.0 Å². The van der Waals surface area contributed by atoms with Crippen LogP contribution in [0.3, 0.4) is 0 Å². The van der Waals surface area contributed by atoms with E-state index in [0.29, 0.717) is 16.3 Å². The van der Waals surface area contributed by atoms with E-state index in [2.05, 4.69) is 24.5 Å². The highest BCUT2D eigenvalue weighted by Gasteiger charge is 2.48. The number of halogens is 5. The molecule has 0 saturated heterocycles. The summed E-state index contributed by atoms with van der Waals surface area (Å²) in [4.78, 5) is 12.5. The lowest BCUT2D eigenvalue weighted by molar-refractivity contribution is -0.117. The largest absolute Gasteiger partial charge is 0.408 e. The van der Waals surface area contributed by atoms with Gasteiger partial charge in [0, 0.05) is 29.6 Å². The summed E-state index contributed by atoms with van der Waals surface area (Å²) in [6, 6.07) is 5.52. The monoisotopic (exact) mass is 544 g/mol. The molecule has 2 atom stereocenters. The van der Waals surface area contributed by atoms with Gasteiger partial charge in [0.1, 0.15) is 28.5 Å². The fraction of sp³-hybridized carbons (Fsp3) is 0.364. The van der Waals surface area contributed by atoms with Crippen LogP contribution >= 0.6 is 11.6 Å². The van der Waals surface area contributed by atoms with Crippen LogP contribution in [0.4, 0.5) is 17.6 Å². The average Bonchev–Trinajstić information content (AvgIpc) is 3.27. The Balaban J connectivity index is 1.77. The predicted molar refractivity (Wildman–Crippen MR) is 127 cm³/mol. The van der Waals surface area contributed by atoms with Crippen LogP contribution in [0.15, 0.2) is 50.5 Å². The summed E-state index contributed by atoms with van der Waals surface area (Å²) >= 11 is 5.80. The number of aliphatic imine (C=N–C) groups is 1. The summed E-state index contributed by atoms with van der Waals surface area (Å²) in [5.74, 6) is -0.870. The zero-order valence-corrected chi connectivity index (χ0v) is 20.9. The number of rotatable bonds is 4. The van der Waals surface area contributed by atoms with Gasteiger partial charge in [0.2, 0.25) is 0 Å². The van der Waals surface area contributed by atoms with E-state index in [1.807, 2.05) is 0 Å². The number of aromatic nitrogens is 3. The molecule has 0 unspecified atom stereocenters. The van der Waals surface area contributed by atoms with Gasteiger partial charge < -0.3 is 10.3 Å². The summed E-state index contributed by atoms with van der Waals surface area (Å²) in [6.45, 7) is 2.66. The topological polar surface area (TPSA) is 120 Å². The third-order valence-corrected chi connectivity index (χ3v) is 9.40. The van der Waals surface area contributed by atoms with Crippen LogP contribution in [-0.2, 0) is 15.3 Å². The Bertz CT molecular complexity index is 1460. The van der Waals surface area contributed by atoms with Crippen LogP contribution in [0, 0.1) is 5.82 Å². The molecule has 2 N–H and O–H groups in total. The third kappa shape index (κ3) is 4.81. The molecular formula is C22H21ClF4N6O2S. The molecule has 0 bridgehead atoms. The first-order valence-electron chi connectivity index (χ1n) is 10.5. The Morgan fingerprint density at radius 2 is 1.86 bits per heavy atom. The second kappa shape index (κ2) is 8.80. The SMILES string of the molecule is CC1(C)C(N)=N[C@](C)(c2cc(-c3cc(-c4ncc(Cl)cn4)no3)ccc2F)C[S@]1(=O)=NCC(F)(F)F. The van der Waals surface area contributed by atoms with E-state index in [9.17, 15) is 17.4 Å². The summed E-state index contributed by atoms with van der Waals surface area (Å²) in [5, 5.41) is 4.26. The molecule has 0 fully saturated rings. The molecule has 1 aromatic carbocycles. The van der Waals surface area contributed by atoms with Crippen molar-refractivity contribution in [1.29, 1.82) is 0 Å². The molecular weight excluding hydrogens is 524 g/mol. The van der Waals surface area contributed by atoms with Gasteiger partial charge in [-0.15, -0.1) is 0 Å². The molecule has 3 aromatic rings. The molecule has 0 amide bonds. The van der Waals surface area contributed by atoms with Crippen molar-refractivity contribution in [3.63, 3.8) is 0 Å². The average molecular weight is 545 g/mol. The van der Waals surface area contributed by atoms with Gasteiger partial charge in [0.05, 0.1) is 20.5 Å². The smallest absolute Gasteiger partial charge is 0.386 e. The standard InChI is InChI=1S/C22H21ClF4N6O2S/c1-20(2)19(28)32-21(3,11-36(20,34)31-10-22(25,26)27)14-6-12(4-5-15(14)24)17-7-16(33-35-17)18-29-8-13(23)9-30-18/h4-9H,10-11H2,1-3H3,(H2,28,32)/t21-,36+/m0/s1. The molecule has 14 heteroatoms. The molecule has 1 aliphatic heterocycles. The van der Waals surface area contributed by atoms with Crippen molar-refractivity contribution in [3.8, 4) is 22.8 Å². The molecule has 2 aromatic heterocycles. The number of alkyl halides is 3. The van der Waals surface area contributed by atoms with Crippen molar-refractivity contribution in [2.45, 2.75) is 37.2 Å². The maximum absolute atomic E-state index is 15.1. The minimum absolute atomic E-state index is 0.0333. The highest BCUT2D eigenvalue weighted by atomic mass is 35.5. The number of amidine groups is 1. The number of nitrogens with zero attached hydrogens (tertiary/aromatic N) is 5. The molecule has 1 aliphatic rings. The van der Waals surface area contributed by atoms with Crippen LogP contribution in [0.2, 0.25) is 5.02 Å². The van der Waals surface area contributed by atoms with Gasteiger partial charge in [-0.3, -0.25) is 4.99 Å². The van der Waals surface area contributed by atoms with Crippen molar-refractivity contribution in [1.82, 2.24) is 15.1 Å². The normalized spacial score (nSPS) is 23.8. The Morgan fingerprint density at radius 3 is 2.50 bits per heavy atom. The van der Waals surface area contributed by atoms with Gasteiger partial charge in [0.25, 0.3) is 0 Å². The van der Waals surface area contributed by atoms with Gasteiger partial charge in [-0.25, -0.2) is 22.9 Å². The minimum atomic E-state index is -4.66. The summed E-state index contributed by atoms with van der Waals surface area (Å²) < 4.78 is 75.0. The van der Waals surface area contributed by atoms with Gasteiger partial charge in [0.15, 0.2) is 17.3 Å². The second-order valence-electron chi connectivity index (χ2n) is 8.96. The van der Waals surface area contributed by atoms with Crippen LogP contribution in [0.5, 0.6) is 0 Å². The lowest BCUT2D eigenvalue weighted by Gasteiger charge is -2.40. The highest BCUT2D eigenvalue weighted by molar-refractivity contribution is 7.95. The number of hydrogen-bond donors (Lipinski definition) is 1. The van der Waals surface area contributed by atoms with E-state index in [0.717, 1.165) is 6.07 Å². The molecule has 0 spiro atoms. The molecule has 8 nitrogen and oxygen atoms in total. The lowest BCUT2D eigenvalue weighted by Crippen LogP contribution is -2.55. The second-order valence-corrected chi connectivity index (χ2v) is 12.2. The van der Waals surface area contributed by atoms with Crippen molar-refractivity contribution < 1.29 is 26.3 Å². The van der Waals surface area contributed by atoms with Crippen LogP contribution in [-0.4, -0.2) is 48.4 Å². The van der Waals surface area contributed by atoms with Gasteiger partial charge in [-0.05, 0) is 39.0 Å². The maximum atomic E-state index is 15.1. The molecule has 0 saturated carbocycles. The third-order valence-electron chi connectivity index (χ3n) is 5.90. The molecule has 36 heavy (non-hydrogen) atoms. The first-order valence-corrected chi connectivity index (χ1v) is 12.6. The van der Waals surface area contributed by atoms with E-state index >= 15 is 4.39 Å². The first kappa shape index (κ1) is 26.0. The first-order chi connectivity index (χ1) is 16.6. The van der Waals surface area contributed by atoms with Gasteiger partial charge in [-0.2, -0.15) is 13.2 Å². The van der Waals surface area contributed by atoms with Crippen LogP contribution < -0.4 is 5.73 Å². The highest BCUT2D eigenvalue weighted by Crippen LogP contribution is 2.40. The summed E-state index contributed by atoms with van der Waals surface area (Å²) in [6.07, 6.45) is -1.88. The van der Waals surface area contributed by atoms with Crippen LogP contribution in [0.25, 0.3) is 22.8 Å². The fourth-order valence-corrected chi connectivity index (χ4v) is 6.31. The number of benzene rings is 1. The summed E-state index contributed by atoms with van der Waals surface area (Å²) in [7, 11) is -3.62. The Hall–Kier alpha value is -3.06. The predicted octanol–water partition coefficient (Wildman–Crippen LogP) is 4.99. The summed E-state index contributed by atoms with van der Waals surface area (Å²) in [5.41, 5.74) is 5.17. The Labute approximate surface area is 209 Å². The number of hydrogen-bond acceptors (Lipinski definition) is 8. The van der Waals surface area contributed by atoms with Crippen molar-refractivity contribution >= 4 is 27.2 Å². The van der Waals surface area contributed by atoms with E-state index < -0.39 is 44.3 Å². The fourth-order valence-electron chi connectivity index (χ4n) is 3.73. The molecule has 4 rings (SSSR count). The van der Waals surface area contributed by atoms with Gasteiger partial charge >= 0.3 is 6.18 Å². The molecule has 3 heterocycles. The van der Waals surface area contributed by atoms with Crippen LogP contribution in [0.1, 0.15) is 26.3 Å². The zero-order chi connectivity index (χ0) is 26.5. The van der Waals surface area contributed by atoms with E-state index in [1.165, 1.54) is 51.4 Å². The Morgan fingerprint density at radius 1 is 1.19 bits per heavy atom. The van der Waals surface area contributed by atoms with Crippen molar-refractivity contribution in [2.75, 3.05) is 12.3 Å². The number of nitrogens with two attached hydrogens (primary N) is 1. The van der Waals surface area contributed by atoms with E-state index in [1.54, 1.807) is 0 Å². The van der Waals surface area contributed by atoms with E-state index in [4.69, 9.17) is 21.9 Å². The molecule has 0 radical (unpaired) electrons. The Kier molecular flexibility index (Phi) is 6.36. The molecule has 0 aliphatic carbocycles. The minimum Gasteiger partial charge on any atom is -0.386 e. The van der Waals surface area contributed by atoms with Gasteiger partial charge in [-0.1, -0.05) is 16.8 Å². The quantitative estimate of drug-likeness (QED) is 0.462. The van der Waals surface area contributed by atoms with Crippen molar-refractivity contribution in [2.24, 2.45) is 15.1 Å². The lowest BCUT2D eigenvalue weighted by atomic mass is 9.91. The molecule has 192 valence electrons. The van der Waals surface area contributed by atoms with Crippen molar-refractivity contribution in [3.05, 3.63) is 53.1 Å².